The molecule has 0 bridgehead atoms. The summed E-state index contributed by atoms with van der Waals surface area (Å²) in [4.78, 5) is 7.86. The summed E-state index contributed by atoms with van der Waals surface area (Å²) in [6.45, 7) is 6.35. The summed E-state index contributed by atoms with van der Waals surface area (Å²) in [6.07, 6.45) is 2.05. The maximum absolute atomic E-state index is 6.05. The van der Waals surface area contributed by atoms with Crippen molar-refractivity contribution in [3.05, 3.63) is 29.1 Å². The highest BCUT2D eigenvalue weighted by Gasteiger charge is 2.10. The summed E-state index contributed by atoms with van der Waals surface area (Å²) in [7, 11) is 0. The third-order valence-corrected chi connectivity index (χ3v) is 3.07. The number of hydrogen-bond acceptors (Lipinski definition) is 2. The zero-order valence-corrected chi connectivity index (χ0v) is 10.2. The Kier molecular flexibility index (Phi) is 2.97. The Labute approximate surface area is 96.1 Å². The van der Waals surface area contributed by atoms with Gasteiger partial charge < -0.3 is 10.7 Å². The van der Waals surface area contributed by atoms with Crippen molar-refractivity contribution in [3.63, 3.8) is 0 Å². The first-order valence-electron chi connectivity index (χ1n) is 5.84. The molecule has 3 heteroatoms. The molecule has 0 aliphatic heterocycles. The summed E-state index contributed by atoms with van der Waals surface area (Å²) in [5, 5.41) is 0. The molecular formula is C13H19N3. The van der Waals surface area contributed by atoms with Crippen molar-refractivity contribution < 1.29 is 0 Å². The van der Waals surface area contributed by atoms with E-state index in [0.29, 0.717) is 0 Å². The van der Waals surface area contributed by atoms with E-state index in [1.807, 2.05) is 0 Å². The van der Waals surface area contributed by atoms with Crippen molar-refractivity contribution in [1.82, 2.24) is 9.97 Å². The third kappa shape index (κ3) is 1.95. The molecule has 1 aromatic heterocycles. The van der Waals surface area contributed by atoms with Gasteiger partial charge in [0.2, 0.25) is 0 Å². The number of aromatic nitrogens is 2. The Balaban J connectivity index is 2.43. The number of nitrogens with one attached hydrogen (secondary N) is 1. The van der Waals surface area contributed by atoms with E-state index < -0.39 is 0 Å². The van der Waals surface area contributed by atoms with E-state index in [0.717, 1.165) is 29.7 Å². The number of aryl methyl sites for hydroxylation is 2. The standard InChI is InChI=1S/C13H19N3/c1-4-5-10(14)13-15-11-6-8(2)9(3)7-12(11)16-13/h6-7,10H,4-5,14H2,1-3H3,(H,15,16). The van der Waals surface area contributed by atoms with Gasteiger partial charge in [-0.15, -0.1) is 0 Å². The molecule has 0 radical (unpaired) electrons. The average Bonchev–Trinajstić information content (AvgIpc) is 2.62. The lowest BCUT2D eigenvalue weighted by Crippen LogP contribution is -2.11. The summed E-state index contributed by atoms with van der Waals surface area (Å²) >= 11 is 0. The van der Waals surface area contributed by atoms with E-state index in [-0.39, 0.29) is 6.04 Å². The molecule has 0 aliphatic carbocycles. The van der Waals surface area contributed by atoms with Gasteiger partial charge in [-0.2, -0.15) is 0 Å². The first-order chi connectivity index (χ1) is 7.61. The van der Waals surface area contributed by atoms with Crippen molar-refractivity contribution in [3.8, 4) is 0 Å². The summed E-state index contributed by atoms with van der Waals surface area (Å²) in [5.41, 5.74) is 10.7. The van der Waals surface area contributed by atoms with Crippen LogP contribution < -0.4 is 5.73 Å². The van der Waals surface area contributed by atoms with Gasteiger partial charge in [0.15, 0.2) is 0 Å². The lowest BCUT2D eigenvalue weighted by Gasteiger charge is -2.04. The third-order valence-electron chi connectivity index (χ3n) is 3.07. The van der Waals surface area contributed by atoms with Crippen LogP contribution in [0.2, 0.25) is 0 Å². The maximum atomic E-state index is 6.05. The van der Waals surface area contributed by atoms with Crippen LogP contribution in [0.25, 0.3) is 11.0 Å². The van der Waals surface area contributed by atoms with Crippen LogP contribution in [-0.2, 0) is 0 Å². The number of fused-ring (bicyclic) bond motifs is 1. The van der Waals surface area contributed by atoms with Gasteiger partial charge in [-0.1, -0.05) is 13.3 Å². The van der Waals surface area contributed by atoms with Crippen molar-refractivity contribution in [1.29, 1.82) is 0 Å². The highest BCUT2D eigenvalue weighted by atomic mass is 15.0. The van der Waals surface area contributed by atoms with E-state index in [1.54, 1.807) is 0 Å². The number of aromatic amines is 1. The topological polar surface area (TPSA) is 54.7 Å². The van der Waals surface area contributed by atoms with E-state index in [4.69, 9.17) is 5.73 Å². The van der Waals surface area contributed by atoms with Gasteiger partial charge in [-0.25, -0.2) is 4.98 Å². The number of imidazole rings is 1. The summed E-state index contributed by atoms with van der Waals surface area (Å²) in [5.74, 6) is 0.904. The molecule has 3 N–H and O–H groups in total. The van der Waals surface area contributed by atoms with Crippen molar-refractivity contribution >= 4 is 11.0 Å². The van der Waals surface area contributed by atoms with Crippen LogP contribution in [0.5, 0.6) is 0 Å². The van der Waals surface area contributed by atoms with E-state index in [2.05, 4.69) is 42.9 Å². The average molecular weight is 217 g/mol. The van der Waals surface area contributed by atoms with Crippen molar-refractivity contribution in [2.24, 2.45) is 5.73 Å². The van der Waals surface area contributed by atoms with Gasteiger partial charge >= 0.3 is 0 Å². The minimum atomic E-state index is 0.0259. The summed E-state index contributed by atoms with van der Waals surface area (Å²) in [6, 6.07) is 4.28. The fourth-order valence-corrected chi connectivity index (χ4v) is 1.91. The first-order valence-corrected chi connectivity index (χ1v) is 5.84. The predicted octanol–water partition coefficient (Wildman–Crippen LogP) is 2.98. The van der Waals surface area contributed by atoms with E-state index in [1.165, 1.54) is 11.1 Å². The molecule has 0 amide bonds. The lowest BCUT2D eigenvalue weighted by molar-refractivity contribution is 0.610. The lowest BCUT2D eigenvalue weighted by atomic mass is 10.1. The van der Waals surface area contributed by atoms with Crippen LogP contribution in [-0.4, -0.2) is 9.97 Å². The molecule has 1 unspecified atom stereocenters. The number of H-pyrrole nitrogens is 1. The first kappa shape index (κ1) is 11.1. The number of hydrogen-bond donors (Lipinski definition) is 2. The molecule has 2 aromatic rings. The SMILES string of the molecule is CCCC(N)c1nc2cc(C)c(C)cc2[nH]1. The zero-order valence-electron chi connectivity index (χ0n) is 10.2. The quantitative estimate of drug-likeness (QED) is 0.830. The fraction of sp³-hybridized carbons (Fsp3) is 0.462. The van der Waals surface area contributed by atoms with Gasteiger partial charge in [0.05, 0.1) is 17.1 Å². The van der Waals surface area contributed by atoms with Gasteiger partial charge in [-0.3, -0.25) is 0 Å². The second-order valence-corrected chi connectivity index (χ2v) is 4.47. The Bertz CT molecular complexity index is 460. The smallest absolute Gasteiger partial charge is 0.124 e. The Morgan fingerprint density at radius 1 is 1.31 bits per heavy atom. The van der Waals surface area contributed by atoms with Crippen LogP contribution in [0, 0.1) is 13.8 Å². The Morgan fingerprint density at radius 2 is 2.00 bits per heavy atom. The molecule has 2 rings (SSSR count). The molecule has 0 spiro atoms. The molecule has 0 fully saturated rings. The number of benzene rings is 1. The van der Waals surface area contributed by atoms with Gasteiger partial charge in [0.1, 0.15) is 5.82 Å². The Hall–Kier alpha value is -1.35. The number of nitrogens with zero attached hydrogens (tertiary/aromatic N) is 1. The Morgan fingerprint density at radius 3 is 2.69 bits per heavy atom. The van der Waals surface area contributed by atoms with Crippen LogP contribution in [0.15, 0.2) is 12.1 Å². The number of rotatable bonds is 3. The highest BCUT2D eigenvalue weighted by Crippen LogP contribution is 2.20. The zero-order chi connectivity index (χ0) is 11.7. The molecular weight excluding hydrogens is 198 g/mol. The monoisotopic (exact) mass is 217 g/mol. The fourth-order valence-electron chi connectivity index (χ4n) is 1.91. The molecule has 0 aliphatic rings. The molecule has 3 nitrogen and oxygen atoms in total. The van der Waals surface area contributed by atoms with E-state index in [9.17, 15) is 0 Å². The normalized spacial score (nSPS) is 13.2. The van der Waals surface area contributed by atoms with Crippen LogP contribution in [0.3, 0.4) is 0 Å². The minimum Gasteiger partial charge on any atom is -0.341 e. The van der Waals surface area contributed by atoms with Crippen LogP contribution >= 0.6 is 0 Å². The molecule has 1 heterocycles. The van der Waals surface area contributed by atoms with Crippen LogP contribution in [0.4, 0.5) is 0 Å². The van der Waals surface area contributed by atoms with Crippen LogP contribution in [0.1, 0.15) is 42.8 Å². The number of nitrogens with two attached hydrogens (primary N) is 1. The molecule has 16 heavy (non-hydrogen) atoms. The molecule has 0 saturated carbocycles. The largest absolute Gasteiger partial charge is 0.341 e. The second-order valence-electron chi connectivity index (χ2n) is 4.47. The predicted molar refractivity (Wildman–Crippen MR) is 67.4 cm³/mol. The second kappa shape index (κ2) is 4.26. The molecule has 1 aromatic carbocycles. The van der Waals surface area contributed by atoms with Gasteiger partial charge in [0, 0.05) is 0 Å². The molecule has 1 atom stereocenters. The molecule has 0 saturated heterocycles. The molecule has 86 valence electrons. The minimum absolute atomic E-state index is 0.0259. The van der Waals surface area contributed by atoms with Crippen molar-refractivity contribution in [2.75, 3.05) is 0 Å². The highest BCUT2D eigenvalue weighted by molar-refractivity contribution is 5.77. The van der Waals surface area contributed by atoms with Crippen molar-refractivity contribution in [2.45, 2.75) is 39.7 Å². The van der Waals surface area contributed by atoms with Gasteiger partial charge in [-0.05, 0) is 43.5 Å². The summed E-state index contributed by atoms with van der Waals surface area (Å²) < 4.78 is 0. The van der Waals surface area contributed by atoms with Gasteiger partial charge in [0.25, 0.3) is 0 Å². The van der Waals surface area contributed by atoms with E-state index >= 15 is 0 Å². The maximum Gasteiger partial charge on any atom is 0.124 e.